The molecule has 1 amide bonds. The summed E-state index contributed by atoms with van der Waals surface area (Å²) in [5, 5.41) is 12.9. The molecular formula is C19H17N5OS2. The summed E-state index contributed by atoms with van der Waals surface area (Å²) in [6.45, 7) is 2.54. The lowest BCUT2D eigenvalue weighted by atomic mass is 10.1. The van der Waals surface area contributed by atoms with E-state index in [4.69, 9.17) is 0 Å². The van der Waals surface area contributed by atoms with Crippen molar-refractivity contribution in [2.45, 2.75) is 32.2 Å². The van der Waals surface area contributed by atoms with E-state index in [1.165, 1.54) is 29.1 Å². The van der Waals surface area contributed by atoms with Crippen molar-refractivity contribution in [1.82, 2.24) is 19.7 Å². The van der Waals surface area contributed by atoms with E-state index in [1.807, 2.05) is 34.5 Å². The van der Waals surface area contributed by atoms with Crippen LogP contribution in [0, 0.1) is 6.92 Å². The highest BCUT2D eigenvalue weighted by Gasteiger charge is 2.26. The van der Waals surface area contributed by atoms with Crippen LogP contribution in [0.15, 0.2) is 35.2 Å². The number of thiazole rings is 1. The molecule has 1 aliphatic rings. The maximum Gasteiger partial charge on any atom is 0.258 e. The monoisotopic (exact) mass is 395 g/mol. The molecule has 5 rings (SSSR count). The molecular weight excluding hydrogens is 378 g/mol. The fraction of sp³-hybridized carbons (Fsp3) is 0.263. The molecule has 0 saturated heterocycles. The first kappa shape index (κ1) is 16.6. The van der Waals surface area contributed by atoms with Crippen molar-refractivity contribution >= 4 is 44.7 Å². The van der Waals surface area contributed by atoms with E-state index >= 15 is 0 Å². The van der Waals surface area contributed by atoms with Crippen molar-refractivity contribution in [3.8, 4) is 0 Å². The van der Waals surface area contributed by atoms with E-state index < -0.39 is 0 Å². The Kier molecular flexibility index (Phi) is 4.02. The molecule has 1 aliphatic carbocycles. The minimum Gasteiger partial charge on any atom is -0.298 e. The van der Waals surface area contributed by atoms with Crippen LogP contribution >= 0.6 is 22.7 Å². The Bertz CT molecular complexity index is 1120. The third-order valence-electron chi connectivity index (χ3n) is 4.61. The zero-order valence-electron chi connectivity index (χ0n) is 14.7. The van der Waals surface area contributed by atoms with Gasteiger partial charge in [-0.25, -0.2) is 14.6 Å². The summed E-state index contributed by atoms with van der Waals surface area (Å²) in [7, 11) is 0. The minimum absolute atomic E-state index is 0.169. The first-order valence-corrected chi connectivity index (χ1v) is 10.6. The van der Waals surface area contributed by atoms with Gasteiger partial charge >= 0.3 is 0 Å². The average Bonchev–Trinajstić information content (AvgIpc) is 3.04. The molecule has 1 fully saturated rings. The van der Waals surface area contributed by atoms with Crippen LogP contribution in [0.2, 0.25) is 0 Å². The molecule has 1 N–H and O–H groups in total. The van der Waals surface area contributed by atoms with E-state index in [-0.39, 0.29) is 5.91 Å². The van der Waals surface area contributed by atoms with Crippen molar-refractivity contribution in [2.75, 3.05) is 5.32 Å². The molecule has 0 spiro atoms. The summed E-state index contributed by atoms with van der Waals surface area (Å²) >= 11 is 3.16. The third kappa shape index (κ3) is 3.26. The van der Waals surface area contributed by atoms with Crippen LogP contribution in [0.5, 0.6) is 0 Å². The molecule has 0 aromatic carbocycles. The van der Waals surface area contributed by atoms with Gasteiger partial charge < -0.3 is 0 Å². The first-order valence-electron chi connectivity index (χ1n) is 8.80. The predicted molar refractivity (Wildman–Crippen MR) is 108 cm³/mol. The van der Waals surface area contributed by atoms with E-state index in [0.29, 0.717) is 23.2 Å². The van der Waals surface area contributed by atoms with Gasteiger partial charge in [-0.05, 0) is 37.3 Å². The lowest BCUT2D eigenvalue weighted by molar-refractivity contribution is 0.102. The van der Waals surface area contributed by atoms with Crippen LogP contribution in [0.4, 0.5) is 5.13 Å². The van der Waals surface area contributed by atoms with Gasteiger partial charge in [0, 0.05) is 21.9 Å². The summed E-state index contributed by atoms with van der Waals surface area (Å²) in [5.74, 6) is 0.412. The van der Waals surface area contributed by atoms with Crippen LogP contribution in [0.1, 0.15) is 45.4 Å². The number of fused-ring (bicyclic) bond motifs is 1. The number of amides is 1. The van der Waals surface area contributed by atoms with Crippen LogP contribution in [0.25, 0.3) is 11.0 Å². The molecule has 136 valence electrons. The van der Waals surface area contributed by atoms with Gasteiger partial charge in [0.05, 0.1) is 29.4 Å². The van der Waals surface area contributed by atoms with E-state index in [2.05, 4.69) is 26.4 Å². The number of hydrogen-bond donors (Lipinski definition) is 1. The zero-order valence-corrected chi connectivity index (χ0v) is 16.3. The fourth-order valence-electron chi connectivity index (χ4n) is 3.10. The third-order valence-corrected chi connectivity index (χ3v) is 6.24. The molecule has 6 nitrogen and oxygen atoms in total. The molecule has 8 heteroatoms. The van der Waals surface area contributed by atoms with Crippen molar-refractivity contribution in [3.05, 3.63) is 57.0 Å². The maximum atomic E-state index is 12.9. The Labute approximate surface area is 163 Å². The molecule has 0 unspecified atom stereocenters. The standard InChI is InChI=1S/C19H17N5OS2/c1-11-7-14(18(25)23-19-22-16(10-27-19)12-4-5-12)15-8-20-24(17(15)21-11)9-13-3-2-6-26-13/h2-3,6-8,10,12H,4-5,9H2,1H3,(H,22,23,25). The Balaban J connectivity index is 1.46. The molecule has 0 atom stereocenters. The molecule has 0 aliphatic heterocycles. The Morgan fingerprint density at radius 3 is 3.00 bits per heavy atom. The minimum atomic E-state index is -0.169. The molecule has 1 saturated carbocycles. The van der Waals surface area contributed by atoms with Gasteiger partial charge in [0.1, 0.15) is 0 Å². The first-order chi connectivity index (χ1) is 13.2. The number of aromatic nitrogens is 4. The Morgan fingerprint density at radius 1 is 1.33 bits per heavy atom. The number of rotatable bonds is 5. The number of nitrogens with one attached hydrogen (secondary N) is 1. The van der Waals surface area contributed by atoms with E-state index in [0.717, 1.165) is 22.4 Å². The quantitative estimate of drug-likeness (QED) is 0.542. The SMILES string of the molecule is Cc1cc(C(=O)Nc2nc(C3CC3)cs2)c2cnn(Cc3cccs3)c2n1. The smallest absolute Gasteiger partial charge is 0.258 e. The molecule has 4 heterocycles. The summed E-state index contributed by atoms with van der Waals surface area (Å²) in [6, 6.07) is 5.90. The van der Waals surface area contributed by atoms with Crippen molar-refractivity contribution in [1.29, 1.82) is 0 Å². The predicted octanol–water partition coefficient (Wildman–Crippen LogP) is 4.44. The lowest BCUT2D eigenvalue weighted by Crippen LogP contribution is -2.13. The molecule has 0 bridgehead atoms. The molecule has 4 aromatic rings. The number of nitrogens with zero attached hydrogens (tertiary/aromatic N) is 4. The van der Waals surface area contributed by atoms with Crippen LogP contribution in [-0.2, 0) is 6.54 Å². The van der Waals surface area contributed by atoms with Crippen molar-refractivity contribution in [3.63, 3.8) is 0 Å². The molecule has 27 heavy (non-hydrogen) atoms. The van der Waals surface area contributed by atoms with Crippen LogP contribution < -0.4 is 5.32 Å². The topological polar surface area (TPSA) is 72.7 Å². The van der Waals surface area contributed by atoms with Crippen molar-refractivity contribution < 1.29 is 4.79 Å². The van der Waals surface area contributed by atoms with Crippen LogP contribution in [0.3, 0.4) is 0 Å². The largest absolute Gasteiger partial charge is 0.298 e. The number of hydrogen-bond acceptors (Lipinski definition) is 6. The Morgan fingerprint density at radius 2 is 2.22 bits per heavy atom. The highest BCUT2D eigenvalue weighted by molar-refractivity contribution is 7.14. The van der Waals surface area contributed by atoms with Gasteiger partial charge in [-0.15, -0.1) is 22.7 Å². The average molecular weight is 396 g/mol. The number of carbonyl (C=O) groups excluding carboxylic acids is 1. The van der Waals surface area contributed by atoms with E-state index in [9.17, 15) is 4.79 Å². The van der Waals surface area contributed by atoms with Gasteiger partial charge in [-0.1, -0.05) is 6.07 Å². The fourth-order valence-corrected chi connectivity index (χ4v) is 4.57. The maximum absolute atomic E-state index is 12.9. The second-order valence-corrected chi connectivity index (χ2v) is 8.63. The summed E-state index contributed by atoms with van der Waals surface area (Å²) in [6.07, 6.45) is 4.12. The number of anilines is 1. The normalized spacial score (nSPS) is 14.0. The van der Waals surface area contributed by atoms with Gasteiger partial charge in [-0.2, -0.15) is 5.10 Å². The summed E-state index contributed by atoms with van der Waals surface area (Å²) in [5.41, 5.74) is 3.19. The molecule has 0 radical (unpaired) electrons. The van der Waals surface area contributed by atoms with Gasteiger partial charge in [0.25, 0.3) is 5.91 Å². The Hall–Kier alpha value is -2.58. The second-order valence-electron chi connectivity index (χ2n) is 6.74. The van der Waals surface area contributed by atoms with Gasteiger partial charge in [-0.3, -0.25) is 10.1 Å². The van der Waals surface area contributed by atoms with Crippen LogP contribution in [-0.4, -0.2) is 25.7 Å². The second kappa shape index (κ2) is 6.54. The highest BCUT2D eigenvalue weighted by Crippen LogP contribution is 2.41. The number of aryl methyl sites for hydroxylation is 1. The number of carbonyl (C=O) groups is 1. The lowest BCUT2D eigenvalue weighted by Gasteiger charge is -2.06. The van der Waals surface area contributed by atoms with Gasteiger partial charge in [0.2, 0.25) is 0 Å². The van der Waals surface area contributed by atoms with Gasteiger partial charge in [0.15, 0.2) is 10.8 Å². The van der Waals surface area contributed by atoms with E-state index in [1.54, 1.807) is 17.5 Å². The molecule has 4 aromatic heterocycles. The zero-order chi connectivity index (χ0) is 18.4. The van der Waals surface area contributed by atoms with Crippen molar-refractivity contribution in [2.24, 2.45) is 0 Å². The summed E-state index contributed by atoms with van der Waals surface area (Å²) < 4.78 is 1.85. The highest BCUT2D eigenvalue weighted by atomic mass is 32.1. The number of thiophene rings is 1. The summed E-state index contributed by atoms with van der Waals surface area (Å²) in [4.78, 5) is 23.3. The number of pyridine rings is 1.